The molecule has 2 nitrogen and oxygen atoms in total. The smallest absolute Gasteiger partial charge is 0.137 e. The second kappa shape index (κ2) is 8.84. The summed E-state index contributed by atoms with van der Waals surface area (Å²) in [4.78, 5) is 0. The third-order valence-corrected chi connectivity index (χ3v) is 2.25. The van der Waals surface area contributed by atoms with E-state index in [0.717, 1.165) is 31.6 Å². The molecular weight excluding hydrogens is 233 g/mol. The van der Waals surface area contributed by atoms with Crippen molar-refractivity contribution in [3.63, 3.8) is 0 Å². The highest BCUT2D eigenvalue weighted by molar-refractivity contribution is 6.32. The van der Waals surface area contributed by atoms with E-state index in [-0.39, 0.29) is 12.4 Å². The SMILES string of the molecule is Cl.NCCCCCOc1ccccc1Cl. The van der Waals surface area contributed by atoms with Gasteiger partial charge < -0.3 is 10.5 Å². The molecule has 0 aliphatic rings. The predicted octanol–water partition coefficient (Wildman–Crippen LogP) is 3.27. The quantitative estimate of drug-likeness (QED) is 0.786. The highest BCUT2D eigenvalue weighted by atomic mass is 35.5. The Hall–Kier alpha value is -0.440. The minimum absolute atomic E-state index is 0. The standard InChI is InChI=1S/C11H16ClNO.ClH/c12-10-6-2-3-7-11(10)14-9-5-1-4-8-13;/h2-3,6-7H,1,4-5,8-9,13H2;1H. The van der Waals surface area contributed by atoms with Gasteiger partial charge >= 0.3 is 0 Å². The van der Waals surface area contributed by atoms with Crippen LogP contribution in [0.5, 0.6) is 5.75 Å². The summed E-state index contributed by atoms with van der Waals surface area (Å²) in [5.41, 5.74) is 5.38. The maximum absolute atomic E-state index is 5.92. The molecular formula is C11H17Cl2NO. The van der Waals surface area contributed by atoms with Crippen LogP contribution in [0.4, 0.5) is 0 Å². The van der Waals surface area contributed by atoms with Crippen LogP contribution in [0.25, 0.3) is 0 Å². The summed E-state index contributed by atoms with van der Waals surface area (Å²) in [6, 6.07) is 7.52. The molecule has 0 aromatic heterocycles. The number of ether oxygens (including phenoxy) is 1. The molecule has 0 spiro atoms. The van der Waals surface area contributed by atoms with Crippen molar-refractivity contribution < 1.29 is 4.74 Å². The second-order valence-corrected chi connectivity index (χ2v) is 3.54. The number of halogens is 2. The lowest BCUT2D eigenvalue weighted by molar-refractivity contribution is 0.306. The monoisotopic (exact) mass is 249 g/mol. The molecule has 0 unspecified atom stereocenters. The van der Waals surface area contributed by atoms with Crippen LogP contribution in [0.1, 0.15) is 19.3 Å². The molecule has 0 saturated heterocycles. The number of hydrogen-bond acceptors (Lipinski definition) is 2. The number of nitrogens with two attached hydrogens (primary N) is 1. The normalized spacial score (nSPS) is 9.47. The van der Waals surface area contributed by atoms with E-state index in [1.165, 1.54) is 0 Å². The van der Waals surface area contributed by atoms with E-state index in [0.29, 0.717) is 11.6 Å². The van der Waals surface area contributed by atoms with Gasteiger partial charge in [0.25, 0.3) is 0 Å². The molecule has 0 fully saturated rings. The molecule has 2 N–H and O–H groups in total. The van der Waals surface area contributed by atoms with Gasteiger partial charge in [-0.15, -0.1) is 12.4 Å². The summed E-state index contributed by atoms with van der Waals surface area (Å²) in [6.07, 6.45) is 3.20. The van der Waals surface area contributed by atoms with Crippen molar-refractivity contribution in [1.82, 2.24) is 0 Å². The first kappa shape index (κ1) is 14.6. The molecule has 15 heavy (non-hydrogen) atoms. The summed E-state index contributed by atoms with van der Waals surface area (Å²) in [5, 5.41) is 0.673. The first-order valence-electron chi connectivity index (χ1n) is 4.92. The van der Waals surface area contributed by atoms with Crippen molar-refractivity contribution in [3.05, 3.63) is 29.3 Å². The Morgan fingerprint density at radius 3 is 2.53 bits per heavy atom. The first-order chi connectivity index (χ1) is 6.84. The van der Waals surface area contributed by atoms with Gasteiger partial charge in [-0.25, -0.2) is 0 Å². The van der Waals surface area contributed by atoms with E-state index in [9.17, 15) is 0 Å². The van der Waals surface area contributed by atoms with E-state index in [1.807, 2.05) is 24.3 Å². The molecule has 1 rings (SSSR count). The summed E-state index contributed by atoms with van der Waals surface area (Å²) in [7, 11) is 0. The number of para-hydroxylation sites is 1. The Morgan fingerprint density at radius 2 is 1.87 bits per heavy atom. The molecule has 0 radical (unpaired) electrons. The van der Waals surface area contributed by atoms with Crippen LogP contribution >= 0.6 is 24.0 Å². The van der Waals surface area contributed by atoms with Crippen LogP contribution in [0, 0.1) is 0 Å². The zero-order valence-corrected chi connectivity index (χ0v) is 10.2. The lowest BCUT2D eigenvalue weighted by Crippen LogP contribution is -2.01. The van der Waals surface area contributed by atoms with Crippen molar-refractivity contribution in [2.75, 3.05) is 13.2 Å². The van der Waals surface area contributed by atoms with Crippen molar-refractivity contribution in [2.24, 2.45) is 5.73 Å². The van der Waals surface area contributed by atoms with E-state index in [1.54, 1.807) is 0 Å². The van der Waals surface area contributed by atoms with E-state index in [2.05, 4.69) is 0 Å². The van der Waals surface area contributed by atoms with Crippen LogP contribution in [-0.2, 0) is 0 Å². The molecule has 1 aromatic rings. The van der Waals surface area contributed by atoms with Crippen LogP contribution in [0.15, 0.2) is 24.3 Å². The third kappa shape index (κ3) is 5.88. The highest BCUT2D eigenvalue weighted by Crippen LogP contribution is 2.23. The van der Waals surface area contributed by atoms with Crippen LogP contribution < -0.4 is 10.5 Å². The van der Waals surface area contributed by atoms with Gasteiger partial charge in [-0.1, -0.05) is 23.7 Å². The molecule has 0 saturated carbocycles. The second-order valence-electron chi connectivity index (χ2n) is 3.13. The summed E-state index contributed by atoms with van der Waals surface area (Å²) >= 11 is 5.92. The maximum atomic E-state index is 5.92. The minimum atomic E-state index is 0. The number of hydrogen-bond donors (Lipinski definition) is 1. The van der Waals surface area contributed by atoms with Crippen LogP contribution in [0.3, 0.4) is 0 Å². The summed E-state index contributed by atoms with van der Waals surface area (Å²) < 4.78 is 5.51. The van der Waals surface area contributed by atoms with E-state index >= 15 is 0 Å². The lowest BCUT2D eigenvalue weighted by Gasteiger charge is -2.06. The Labute approximate surface area is 102 Å². The van der Waals surface area contributed by atoms with Crippen molar-refractivity contribution in [1.29, 1.82) is 0 Å². The Bertz CT molecular complexity index is 269. The van der Waals surface area contributed by atoms with Gasteiger partial charge in [-0.05, 0) is 37.9 Å². The average Bonchev–Trinajstić information content (AvgIpc) is 2.20. The Morgan fingerprint density at radius 1 is 1.13 bits per heavy atom. The molecule has 0 aliphatic heterocycles. The fraction of sp³-hybridized carbons (Fsp3) is 0.455. The first-order valence-corrected chi connectivity index (χ1v) is 5.30. The van der Waals surface area contributed by atoms with Gasteiger partial charge in [0.2, 0.25) is 0 Å². The highest BCUT2D eigenvalue weighted by Gasteiger charge is 1.98. The van der Waals surface area contributed by atoms with Crippen molar-refractivity contribution in [2.45, 2.75) is 19.3 Å². The van der Waals surface area contributed by atoms with E-state index < -0.39 is 0 Å². The van der Waals surface area contributed by atoms with Gasteiger partial charge in [0.15, 0.2) is 0 Å². The Balaban J connectivity index is 0.00000196. The molecule has 0 aliphatic carbocycles. The number of rotatable bonds is 6. The van der Waals surface area contributed by atoms with Gasteiger partial charge in [0.05, 0.1) is 11.6 Å². The fourth-order valence-corrected chi connectivity index (χ4v) is 1.36. The van der Waals surface area contributed by atoms with Gasteiger partial charge in [-0.3, -0.25) is 0 Å². The zero-order chi connectivity index (χ0) is 10.2. The van der Waals surface area contributed by atoms with Crippen LogP contribution in [0.2, 0.25) is 5.02 Å². The maximum Gasteiger partial charge on any atom is 0.137 e. The molecule has 4 heteroatoms. The lowest BCUT2D eigenvalue weighted by atomic mass is 10.2. The topological polar surface area (TPSA) is 35.2 Å². The zero-order valence-electron chi connectivity index (χ0n) is 8.62. The number of unbranched alkanes of at least 4 members (excludes halogenated alkanes) is 2. The van der Waals surface area contributed by atoms with Gasteiger partial charge in [0.1, 0.15) is 5.75 Å². The third-order valence-electron chi connectivity index (χ3n) is 1.94. The van der Waals surface area contributed by atoms with E-state index in [4.69, 9.17) is 22.1 Å². The van der Waals surface area contributed by atoms with Gasteiger partial charge in [0, 0.05) is 0 Å². The molecule has 0 atom stereocenters. The van der Waals surface area contributed by atoms with Crippen molar-refractivity contribution >= 4 is 24.0 Å². The average molecular weight is 250 g/mol. The number of benzene rings is 1. The summed E-state index contributed by atoms with van der Waals surface area (Å²) in [5.74, 6) is 0.766. The molecule has 0 bridgehead atoms. The Kier molecular flexibility index (Phi) is 8.58. The summed E-state index contributed by atoms with van der Waals surface area (Å²) in [6.45, 7) is 1.47. The molecule has 0 amide bonds. The molecule has 1 aromatic carbocycles. The van der Waals surface area contributed by atoms with Crippen molar-refractivity contribution in [3.8, 4) is 5.75 Å². The minimum Gasteiger partial charge on any atom is -0.492 e. The predicted molar refractivity (Wildman–Crippen MR) is 67.1 cm³/mol. The fourth-order valence-electron chi connectivity index (χ4n) is 1.17. The van der Waals surface area contributed by atoms with Gasteiger partial charge in [-0.2, -0.15) is 0 Å². The molecule has 86 valence electrons. The largest absolute Gasteiger partial charge is 0.492 e. The van der Waals surface area contributed by atoms with Crippen LogP contribution in [-0.4, -0.2) is 13.2 Å². The molecule has 0 heterocycles.